The second-order valence-corrected chi connectivity index (χ2v) is 9.47. The molecule has 1 aliphatic heterocycles. The number of nitrogens with one attached hydrogen (secondary N) is 1. The largest absolute Gasteiger partial charge is 0.446 e. The molecule has 2 N–H and O–H groups in total. The van der Waals surface area contributed by atoms with Gasteiger partial charge in [0.15, 0.2) is 0 Å². The van der Waals surface area contributed by atoms with Gasteiger partial charge in [-0.25, -0.2) is 24.8 Å². The standard InChI is InChI=1S/C22H35N3O6/c1-16-7-6-12-25(16,21(28)23-22(29)31-19-10-4-5-11-19)20(27)18(14-24(30)15-26)13-17-8-2-3-9-17/h15-19,30H,2-14H2,1H3/p+1/t16-,18-,25?/m1/s1. The highest BCUT2D eigenvalue weighted by Gasteiger charge is 2.55. The predicted molar refractivity (Wildman–Crippen MR) is 111 cm³/mol. The Kier molecular flexibility index (Phi) is 8.05. The lowest BCUT2D eigenvalue weighted by Gasteiger charge is -2.36. The Morgan fingerprint density at radius 3 is 2.32 bits per heavy atom. The Labute approximate surface area is 183 Å². The minimum absolute atomic E-state index is 0.147. The van der Waals surface area contributed by atoms with Crippen molar-refractivity contribution < 1.29 is 33.6 Å². The first kappa shape index (κ1) is 23.7. The van der Waals surface area contributed by atoms with E-state index in [1.807, 2.05) is 6.92 Å². The second-order valence-electron chi connectivity index (χ2n) is 9.47. The first-order chi connectivity index (χ1) is 14.9. The maximum Gasteiger partial charge on any atom is 0.433 e. The molecule has 1 saturated heterocycles. The molecular weight excluding hydrogens is 402 g/mol. The van der Waals surface area contributed by atoms with Gasteiger partial charge in [-0.05, 0) is 44.9 Å². The minimum Gasteiger partial charge on any atom is -0.446 e. The molecule has 3 aliphatic rings. The Hall–Kier alpha value is -2.00. The van der Waals surface area contributed by atoms with Crippen LogP contribution >= 0.6 is 0 Å². The maximum atomic E-state index is 13.8. The van der Waals surface area contributed by atoms with E-state index >= 15 is 0 Å². The number of likely N-dealkylation sites (tertiary alicyclic amines) is 1. The second kappa shape index (κ2) is 10.5. The van der Waals surface area contributed by atoms with Crippen molar-refractivity contribution in [3.8, 4) is 0 Å². The van der Waals surface area contributed by atoms with Gasteiger partial charge in [-0.3, -0.25) is 10.0 Å². The van der Waals surface area contributed by atoms with Crippen LogP contribution in [0.3, 0.4) is 0 Å². The summed E-state index contributed by atoms with van der Waals surface area (Å²) in [5.74, 6) is -0.665. The summed E-state index contributed by atoms with van der Waals surface area (Å²) in [6, 6.07) is -0.953. The third kappa shape index (κ3) is 5.44. The Morgan fingerprint density at radius 2 is 1.74 bits per heavy atom. The molecule has 3 rings (SSSR count). The molecule has 0 aromatic rings. The Bertz CT molecular complexity index is 674. The molecule has 9 nitrogen and oxygen atoms in total. The zero-order chi connectivity index (χ0) is 22.4. The van der Waals surface area contributed by atoms with Gasteiger partial charge in [0.1, 0.15) is 12.1 Å². The predicted octanol–water partition coefficient (Wildman–Crippen LogP) is 3.35. The molecule has 3 fully saturated rings. The van der Waals surface area contributed by atoms with E-state index in [9.17, 15) is 24.4 Å². The van der Waals surface area contributed by atoms with E-state index in [0.29, 0.717) is 36.8 Å². The highest BCUT2D eigenvalue weighted by atomic mass is 16.6. The summed E-state index contributed by atoms with van der Waals surface area (Å²) in [6.07, 6.45) is 8.99. The summed E-state index contributed by atoms with van der Waals surface area (Å²) in [6.45, 7) is 2.00. The van der Waals surface area contributed by atoms with Crippen LogP contribution in [-0.2, 0) is 14.3 Å². The molecule has 1 unspecified atom stereocenters. The first-order valence-electron chi connectivity index (χ1n) is 11.7. The fourth-order valence-electron chi connectivity index (χ4n) is 5.68. The number of alkyl carbamates (subject to hydrolysis) is 1. The van der Waals surface area contributed by atoms with Gasteiger partial charge >= 0.3 is 18.0 Å². The zero-order valence-electron chi connectivity index (χ0n) is 18.5. The normalized spacial score (nSPS) is 27.7. The Morgan fingerprint density at radius 1 is 1.10 bits per heavy atom. The molecule has 0 aromatic heterocycles. The fraction of sp³-hybridized carbons (Fsp3) is 0.818. The summed E-state index contributed by atoms with van der Waals surface area (Å²) in [4.78, 5) is 50.5. The molecule has 2 aliphatic carbocycles. The SMILES string of the molecule is C[C@@H]1CCC[N+]1(C(=O)NC(=O)OC1CCCC1)C(=O)[C@H](CC1CCCC1)CN(O)C=O. The van der Waals surface area contributed by atoms with Gasteiger partial charge < -0.3 is 4.74 Å². The molecule has 9 heteroatoms. The average Bonchev–Trinajstić information content (AvgIpc) is 3.49. The van der Waals surface area contributed by atoms with E-state index in [-0.39, 0.29) is 31.0 Å². The lowest BCUT2D eigenvalue weighted by Crippen LogP contribution is -2.65. The number of rotatable bonds is 7. The number of amides is 5. The van der Waals surface area contributed by atoms with E-state index < -0.39 is 22.5 Å². The third-order valence-electron chi connectivity index (χ3n) is 7.40. The van der Waals surface area contributed by atoms with Crippen LogP contribution in [0.5, 0.6) is 0 Å². The van der Waals surface area contributed by atoms with Gasteiger partial charge in [-0.1, -0.05) is 25.7 Å². The van der Waals surface area contributed by atoms with Crippen molar-refractivity contribution in [2.45, 2.75) is 89.7 Å². The number of hydrogen-bond donors (Lipinski definition) is 2. The number of quaternary nitrogens is 1. The molecule has 5 amide bonds. The van der Waals surface area contributed by atoms with Crippen molar-refractivity contribution in [1.29, 1.82) is 0 Å². The summed E-state index contributed by atoms with van der Waals surface area (Å²) in [7, 11) is 0. The minimum atomic E-state index is -0.801. The van der Waals surface area contributed by atoms with E-state index in [0.717, 1.165) is 51.4 Å². The fourth-order valence-corrected chi connectivity index (χ4v) is 5.68. The van der Waals surface area contributed by atoms with Crippen molar-refractivity contribution in [1.82, 2.24) is 10.4 Å². The van der Waals surface area contributed by atoms with Crippen LogP contribution in [0.2, 0.25) is 0 Å². The molecule has 0 bridgehead atoms. The number of ether oxygens (including phenoxy) is 1. The lowest BCUT2D eigenvalue weighted by molar-refractivity contribution is -0.786. The smallest absolute Gasteiger partial charge is 0.433 e. The highest BCUT2D eigenvalue weighted by Crippen LogP contribution is 2.36. The monoisotopic (exact) mass is 438 g/mol. The molecule has 0 spiro atoms. The first-order valence-corrected chi connectivity index (χ1v) is 11.7. The summed E-state index contributed by atoms with van der Waals surface area (Å²) < 4.78 is 4.88. The number of carbonyl (C=O) groups is 4. The van der Waals surface area contributed by atoms with Gasteiger partial charge in [-0.2, -0.15) is 4.48 Å². The molecule has 3 atom stereocenters. The van der Waals surface area contributed by atoms with E-state index in [2.05, 4.69) is 5.32 Å². The summed E-state index contributed by atoms with van der Waals surface area (Å²) in [5.41, 5.74) is 0. The van der Waals surface area contributed by atoms with Crippen LogP contribution in [0, 0.1) is 11.8 Å². The van der Waals surface area contributed by atoms with E-state index in [1.165, 1.54) is 0 Å². The molecule has 2 saturated carbocycles. The van der Waals surface area contributed by atoms with Crippen molar-refractivity contribution in [3.63, 3.8) is 0 Å². The molecule has 1 heterocycles. The molecule has 174 valence electrons. The van der Waals surface area contributed by atoms with Crippen LogP contribution in [0.4, 0.5) is 9.59 Å². The van der Waals surface area contributed by atoms with Gasteiger partial charge in [0.2, 0.25) is 6.41 Å². The highest BCUT2D eigenvalue weighted by molar-refractivity contribution is 5.93. The number of imide groups is 2. The summed E-state index contributed by atoms with van der Waals surface area (Å²) >= 11 is 0. The van der Waals surface area contributed by atoms with Crippen LogP contribution in [-0.4, -0.2) is 64.4 Å². The maximum absolute atomic E-state index is 13.8. The zero-order valence-corrected chi connectivity index (χ0v) is 18.5. The van der Waals surface area contributed by atoms with Crippen LogP contribution in [0.15, 0.2) is 0 Å². The number of urea groups is 1. The van der Waals surface area contributed by atoms with Gasteiger partial charge in [0.05, 0.1) is 19.0 Å². The van der Waals surface area contributed by atoms with Crippen molar-refractivity contribution in [2.24, 2.45) is 11.8 Å². The van der Waals surface area contributed by atoms with Crippen LogP contribution in [0.25, 0.3) is 0 Å². The van der Waals surface area contributed by atoms with Crippen LogP contribution < -0.4 is 5.32 Å². The van der Waals surface area contributed by atoms with Gasteiger partial charge in [-0.15, -0.1) is 0 Å². The van der Waals surface area contributed by atoms with Crippen molar-refractivity contribution in [2.75, 3.05) is 13.1 Å². The summed E-state index contributed by atoms with van der Waals surface area (Å²) in [5, 5.41) is 12.6. The van der Waals surface area contributed by atoms with E-state index in [4.69, 9.17) is 4.74 Å². The van der Waals surface area contributed by atoms with Gasteiger partial charge in [0.25, 0.3) is 0 Å². The average molecular weight is 439 g/mol. The molecular formula is C22H36N3O6+. The number of nitrogens with zero attached hydrogens (tertiary/aromatic N) is 2. The molecule has 0 aromatic carbocycles. The number of hydrogen-bond acceptors (Lipinski definition) is 6. The van der Waals surface area contributed by atoms with Crippen molar-refractivity contribution >= 4 is 24.4 Å². The Balaban J connectivity index is 1.76. The van der Waals surface area contributed by atoms with Crippen molar-refractivity contribution in [3.05, 3.63) is 0 Å². The quantitative estimate of drug-likeness (QED) is 0.273. The van der Waals surface area contributed by atoms with E-state index in [1.54, 1.807) is 0 Å². The number of hydroxylamine groups is 2. The van der Waals surface area contributed by atoms with Gasteiger partial charge in [0, 0.05) is 12.8 Å². The third-order valence-corrected chi connectivity index (χ3v) is 7.40. The molecule has 0 radical (unpaired) electrons. The molecule has 31 heavy (non-hydrogen) atoms. The number of carbonyl (C=O) groups excluding carboxylic acids is 4. The van der Waals surface area contributed by atoms with Crippen LogP contribution in [0.1, 0.15) is 77.6 Å². The topological polar surface area (TPSA) is 113 Å². The lowest BCUT2D eigenvalue weighted by atomic mass is 9.91.